The van der Waals surface area contributed by atoms with Gasteiger partial charge in [-0.15, -0.1) is 0 Å². The molecule has 0 radical (unpaired) electrons. The molecular formula is C24H17ClF5N3O5S2. The second-order valence-electron chi connectivity index (χ2n) is 7.90. The van der Waals surface area contributed by atoms with Crippen molar-refractivity contribution in [2.24, 2.45) is 0 Å². The van der Waals surface area contributed by atoms with Crippen molar-refractivity contribution >= 4 is 38.3 Å². The molecule has 0 aliphatic heterocycles. The normalized spacial score (nSPS) is 11.8. The van der Waals surface area contributed by atoms with E-state index >= 15 is 8.78 Å². The van der Waals surface area contributed by atoms with E-state index in [1.165, 1.54) is 26.4 Å². The molecule has 0 N–H and O–H groups in total. The van der Waals surface area contributed by atoms with Crippen molar-refractivity contribution in [3.63, 3.8) is 0 Å². The fraction of sp³-hybridized carbons (Fsp3) is 0.167. The van der Waals surface area contributed by atoms with Crippen LogP contribution in [-0.4, -0.2) is 32.0 Å². The van der Waals surface area contributed by atoms with Crippen LogP contribution >= 0.6 is 23.1 Å². The van der Waals surface area contributed by atoms with Gasteiger partial charge in [-0.25, -0.2) is 26.5 Å². The third kappa shape index (κ3) is 6.21. The van der Waals surface area contributed by atoms with Gasteiger partial charge in [0.05, 0.1) is 26.3 Å². The highest BCUT2D eigenvalue weighted by atomic mass is 35.5. The summed E-state index contributed by atoms with van der Waals surface area (Å²) in [5, 5.41) is -0.525. The summed E-state index contributed by atoms with van der Waals surface area (Å²) in [6.07, 6.45) is -3.70. The van der Waals surface area contributed by atoms with Crippen molar-refractivity contribution in [3.8, 4) is 23.0 Å². The number of methoxy groups -OCH3 is 2. The summed E-state index contributed by atoms with van der Waals surface area (Å²) in [5.74, 6) is -3.55. The molecule has 0 spiro atoms. The van der Waals surface area contributed by atoms with Gasteiger partial charge in [0.1, 0.15) is 34.3 Å². The molecule has 0 amide bonds. The highest BCUT2D eigenvalue weighted by molar-refractivity contribution is 7.93. The highest BCUT2D eigenvalue weighted by Gasteiger charge is 2.34. The van der Waals surface area contributed by atoms with E-state index in [4.69, 9.17) is 25.8 Å². The molecule has 0 fully saturated rings. The largest absolute Gasteiger partial charge is 0.497 e. The maximum Gasteiger partial charge on any atom is 0.416 e. The van der Waals surface area contributed by atoms with Crippen LogP contribution in [0.3, 0.4) is 0 Å². The number of rotatable bonds is 9. The molecule has 0 saturated heterocycles. The third-order valence-electron chi connectivity index (χ3n) is 5.35. The molecule has 3 aromatic carbocycles. The fourth-order valence-corrected chi connectivity index (χ4v) is 5.90. The van der Waals surface area contributed by atoms with Crippen molar-refractivity contribution in [2.75, 3.05) is 18.5 Å². The lowest BCUT2D eigenvalue weighted by molar-refractivity contribution is -0.137. The van der Waals surface area contributed by atoms with Crippen molar-refractivity contribution in [1.82, 2.24) is 9.36 Å². The summed E-state index contributed by atoms with van der Waals surface area (Å²) in [4.78, 5) is 2.82. The summed E-state index contributed by atoms with van der Waals surface area (Å²) in [6.45, 7) is -0.410. The number of alkyl halides is 3. The first-order valence-electron chi connectivity index (χ1n) is 10.9. The first-order valence-corrected chi connectivity index (χ1v) is 13.5. The van der Waals surface area contributed by atoms with Gasteiger partial charge in [-0.3, -0.25) is 0 Å². The summed E-state index contributed by atoms with van der Waals surface area (Å²) in [6, 6.07) is 7.46. The average Bonchev–Trinajstić information content (AvgIpc) is 3.42. The molecule has 4 aromatic rings. The molecule has 40 heavy (non-hydrogen) atoms. The van der Waals surface area contributed by atoms with E-state index in [2.05, 4.69) is 9.36 Å². The first kappa shape index (κ1) is 29.3. The van der Waals surface area contributed by atoms with Crippen LogP contribution in [0.15, 0.2) is 59.8 Å². The average molecular weight is 622 g/mol. The Balaban J connectivity index is 1.73. The van der Waals surface area contributed by atoms with Crippen molar-refractivity contribution in [1.29, 1.82) is 0 Å². The number of aromatic nitrogens is 2. The molecule has 1 heterocycles. The van der Waals surface area contributed by atoms with Crippen LogP contribution < -0.4 is 18.5 Å². The van der Waals surface area contributed by atoms with Gasteiger partial charge in [0, 0.05) is 40.3 Å². The summed E-state index contributed by atoms with van der Waals surface area (Å²) in [7, 11) is -2.04. The van der Waals surface area contributed by atoms with E-state index in [1.54, 1.807) is 6.07 Å². The molecule has 0 aliphatic carbocycles. The minimum absolute atomic E-state index is 0.156. The SMILES string of the molecule is COc1ccc(CN(c2ncns2)S(=O)(=O)c2cc(F)c(Oc3cc(Cl)cc(C(F)(F)F)c3)cc2F)c(OC)c1. The van der Waals surface area contributed by atoms with Crippen molar-refractivity contribution < 1.29 is 44.6 Å². The van der Waals surface area contributed by atoms with E-state index in [-0.39, 0.29) is 15.9 Å². The smallest absolute Gasteiger partial charge is 0.416 e. The monoisotopic (exact) mass is 621 g/mol. The van der Waals surface area contributed by atoms with E-state index in [0.29, 0.717) is 51.4 Å². The van der Waals surface area contributed by atoms with Crippen LogP contribution in [-0.2, 0) is 22.7 Å². The molecule has 1 aromatic heterocycles. The zero-order valence-corrected chi connectivity index (χ0v) is 22.8. The molecule has 0 saturated carbocycles. The maximum atomic E-state index is 15.2. The van der Waals surface area contributed by atoms with Gasteiger partial charge in [0.2, 0.25) is 5.13 Å². The minimum Gasteiger partial charge on any atom is -0.497 e. The van der Waals surface area contributed by atoms with E-state index in [9.17, 15) is 21.6 Å². The standard InChI is InChI=1S/C24H17ClF5N3O5S2/c1-36-16-4-3-13(20(8-16)37-2)11-33(23-31-12-32-39-23)40(34,35)22-10-18(26)21(9-19(22)27)38-17-6-14(24(28,29)30)5-15(25)7-17/h3-10,12H,11H2,1-2H3. The molecule has 4 rings (SSSR count). The van der Waals surface area contributed by atoms with Gasteiger partial charge in [0.15, 0.2) is 11.6 Å². The molecule has 16 heteroatoms. The zero-order chi connectivity index (χ0) is 29.2. The van der Waals surface area contributed by atoms with E-state index < -0.39 is 56.3 Å². The zero-order valence-electron chi connectivity index (χ0n) is 20.4. The Bertz CT molecular complexity index is 1640. The molecule has 8 nitrogen and oxygen atoms in total. The van der Waals surface area contributed by atoms with Gasteiger partial charge in [-0.2, -0.15) is 17.5 Å². The number of benzene rings is 3. The predicted octanol–water partition coefficient (Wildman–Crippen LogP) is 6.69. The topological polar surface area (TPSA) is 90.9 Å². The summed E-state index contributed by atoms with van der Waals surface area (Å²) in [5.41, 5.74) is -0.846. The lowest BCUT2D eigenvalue weighted by Crippen LogP contribution is -2.31. The number of nitrogens with zero attached hydrogens (tertiary/aromatic N) is 3. The van der Waals surface area contributed by atoms with Crippen LogP contribution in [0.25, 0.3) is 0 Å². The van der Waals surface area contributed by atoms with Gasteiger partial charge < -0.3 is 14.2 Å². The minimum atomic E-state index is -4.82. The number of sulfonamides is 1. The molecule has 212 valence electrons. The van der Waals surface area contributed by atoms with E-state index in [0.717, 1.165) is 12.4 Å². The van der Waals surface area contributed by atoms with Gasteiger partial charge >= 0.3 is 6.18 Å². The van der Waals surface area contributed by atoms with Crippen LogP contribution in [0.4, 0.5) is 27.1 Å². The Morgan fingerprint density at radius 1 is 0.950 bits per heavy atom. The molecule has 0 bridgehead atoms. The Kier molecular flexibility index (Phi) is 8.37. The number of anilines is 1. The molecular weight excluding hydrogens is 605 g/mol. The van der Waals surface area contributed by atoms with Gasteiger partial charge in [-0.1, -0.05) is 11.6 Å². The van der Waals surface area contributed by atoms with Crippen LogP contribution in [0.1, 0.15) is 11.1 Å². The Morgan fingerprint density at radius 2 is 1.70 bits per heavy atom. The number of hydrogen-bond acceptors (Lipinski definition) is 8. The Labute approximate surface area is 233 Å². The van der Waals surface area contributed by atoms with Gasteiger partial charge in [-0.05, 0) is 30.3 Å². The fourth-order valence-electron chi connectivity index (χ4n) is 3.49. The Hall–Kier alpha value is -3.69. The highest BCUT2D eigenvalue weighted by Crippen LogP contribution is 2.38. The third-order valence-corrected chi connectivity index (χ3v) is 8.13. The Morgan fingerprint density at radius 3 is 2.33 bits per heavy atom. The quantitative estimate of drug-likeness (QED) is 0.192. The number of hydrogen-bond donors (Lipinski definition) is 0. The number of halogens is 6. The molecule has 0 aliphatic rings. The molecule has 0 unspecified atom stereocenters. The van der Waals surface area contributed by atoms with Crippen molar-refractivity contribution in [2.45, 2.75) is 17.6 Å². The summed E-state index contributed by atoms with van der Waals surface area (Å²) >= 11 is 6.40. The van der Waals surface area contributed by atoms with Crippen molar-refractivity contribution in [3.05, 3.63) is 82.6 Å². The van der Waals surface area contributed by atoms with Gasteiger partial charge in [0.25, 0.3) is 10.0 Å². The second kappa shape index (κ2) is 11.4. The lowest BCUT2D eigenvalue weighted by atomic mass is 10.2. The lowest BCUT2D eigenvalue weighted by Gasteiger charge is -2.23. The summed E-state index contributed by atoms with van der Waals surface area (Å²) < 4.78 is 117. The van der Waals surface area contributed by atoms with Crippen LogP contribution in [0.5, 0.6) is 23.0 Å². The molecule has 0 atom stereocenters. The second-order valence-corrected chi connectivity index (χ2v) is 10.9. The predicted molar refractivity (Wildman–Crippen MR) is 136 cm³/mol. The maximum absolute atomic E-state index is 15.2. The first-order chi connectivity index (χ1) is 18.8. The number of ether oxygens (including phenoxy) is 3. The van der Waals surface area contributed by atoms with E-state index in [1.807, 2.05) is 0 Å². The van der Waals surface area contributed by atoms with Crippen LogP contribution in [0.2, 0.25) is 5.02 Å². The van der Waals surface area contributed by atoms with Crippen LogP contribution in [0, 0.1) is 11.6 Å².